The first kappa shape index (κ1) is 24.9. The number of hydrogen-bond acceptors (Lipinski definition) is 11. The maximum atomic E-state index is 13.7. The molecule has 3 aliphatic rings. The maximum absolute atomic E-state index is 13.7. The Labute approximate surface area is 214 Å². The zero-order chi connectivity index (χ0) is 27.0. The number of aliphatic hydroxyl groups is 4. The molecule has 8 N–H and O–H groups in total. The van der Waals surface area contributed by atoms with Crippen molar-refractivity contribution in [1.29, 1.82) is 0 Å². The van der Waals surface area contributed by atoms with Crippen LogP contribution in [0.2, 0.25) is 0 Å². The molecule has 12 heteroatoms. The van der Waals surface area contributed by atoms with Crippen molar-refractivity contribution in [2.75, 3.05) is 5.32 Å². The second-order valence-corrected chi connectivity index (χ2v) is 10.4. The molecule has 37 heavy (non-hydrogen) atoms. The van der Waals surface area contributed by atoms with Gasteiger partial charge in [0.05, 0.1) is 23.0 Å². The smallest absolute Gasteiger partial charge is 0.255 e. The summed E-state index contributed by atoms with van der Waals surface area (Å²) in [4.78, 5) is 42.4. The van der Waals surface area contributed by atoms with Crippen LogP contribution >= 0.6 is 11.3 Å². The van der Waals surface area contributed by atoms with Crippen LogP contribution in [-0.2, 0) is 20.8 Å². The van der Waals surface area contributed by atoms with Gasteiger partial charge >= 0.3 is 0 Å². The van der Waals surface area contributed by atoms with E-state index in [0.29, 0.717) is 10.7 Å². The quantitative estimate of drug-likeness (QED) is 0.226. The highest BCUT2D eigenvalue weighted by molar-refractivity contribution is 7.13. The molecule has 11 nitrogen and oxygen atoms in total. The van der Waals surface area contributed by atoms with Crippen LogP contribution < -0.4 is 11.1 Å². The Bertz CT molecular complexity index is 1440. The molecule has 1 saturated carbocycles. The average Bonchev–Trinajstić information content (AvgIpc) is 3.30. The Morgan fingerprint density at radius 3 is 2.59 bits per heavy atom. The number of aliphatic hydroxyl groups excluding tert-OH is 3. The van der Waals surface area contributed by atoms with Gasteiger partial charge in [0.1, 0.15) is 22.8 Å². The fourth-order valence-corrected chi connectivity index (χ4v) is 6.55. The molecule has 1 aromatic heterocycles. The van der Waals surface area contributed by atoms with Gasteiger partial charge in [0.25, 0.3) is 5.91 Å². The number of ketones is 2. The van der Waals surface area contributed by atoms with Gasteiger partial charge in [-0.2, -0.15) is 0 Å². The molecule has 5 rings (SSSR count). The molecular formula is C25H25N3O8S. The largest absolute Gasteiger partial charge is 0.508 e. The van der Waals surface area contributed by atoms with Crippen molar-refractivity contribution in [1.82, 2.24) is 4.98 Å². The number of phenols is 1. The van der Waals surface area contributed by atoms with E-state index in [2.05, 4.69) is 10.3 Å². The maximum Gasteiger partial charge on any atom is 0.255 e. The summed E-state index contributed by atoms with van der Waals surface area (Å²) in [5.74, 6) is -8.93. The molecule has 2 aromatic rings. The summed E-state index contributed by atoms with van der Waals surface area (Å²) in [5.41, 5.74) is 2.39. The predicted octanol–water partition coefficient (Wildman–Crippen LogP) is 1.72. The first-order chi connectivity index (χ1) is 17.4. The first-order valence-electron chi connectivity index (χ1n) is 11.7. The minimum absolute atomic E-state index is 0.0795. The fraction of sp³-hybridized carbons (Fsp3) is 0.360. The van der Waals surface area contributed by atoms with Gasteiger partial charge < -0.3 is 36.6 Å². The number of aryl methyl sites for hydroxylation is 1. The van der Waals surface area contributed by atoms with Gasteiger partial charge in [0.2, 0.25) is 5.78 Å². The molecule has 5 unspecified atom stereocenters. The van der Waals surface area contributed by atoms with E-state index in [1.165, 1.54) is 11.3 Å². The molecule has 0 bridgehead atoms. The lowest BCUT2D eigenvalue weighted by Crippen LogP contribution is -2.63. The summed E-state index contributed by atoms with van der Waals surface area (Å²) in [5, 5.41) is 61.0. The standard InChI is InChI=1S/C25H25N3O8S/c1-3-9-7-37-24(27-9)28-12-5-4-10-8(2)14-17(20(32)15(10)19(12)31)22(34)25(36)11(18(14)30)6-13(29)16(21(25)33)23(26)35/h4-5,7-8,11,14,18,30-33,36H,3,6H2,1-2H3,(H2,26,35)(H,27,28). The third-order valence-electron chi connectivity index (χ3n) is 7.66. The number of anilines is 2. The van der Waals surface area contributed by atoms with Crippen molar-refractivity contribution < 1.29 is 39.9 Å². The molecule has 0 aliphatic heterocycles. The number of hydrogen-bond donors (Lipinski definition) is 7. The number of carbonyl (C=O) groups excluding carboxylic acids is 3. The van der Waals surface area contributed by atoms with E-state index < -0.39 is 76.0 Å². The lowest BCUT2D eigenvalue weighted by molar-refractivity contribution is -0.160. The number of benzene rings is 1. The minimum Gasteiger partial charge on any atom is -0.508 e. The molecule has 5 atom stereocenters. The first-order valence-corrected chi connectivity index (χ1v) is 12.5. The van der Waals surface area contributed by atoms with Crippen molar-refractivity contribution >= 4 is 45.4 Å². The van der Waals surface area contributed by atoms with Gasteiger partial charge in [-0.3, -0.25) is 14.4 Å². The molecule has 194 valence electrons. The SMILES string of the molecule is CCc1csc(Nc2ccc3c(c2O)C(O)=C2C(=O)C4(O)C(O)=C(C(N)=O)C(=O)CC4C(O)C2C3C)n1. The molecule has 0 saturated heterocycles. The second-order valence-electron chi connectivity index (χ2n) is 9.53. The van der Waals surface area contributed by atoms with Gasteiger partial charge in [-0.15, -0.1) is 11.3 Å². The number of aromatic nitrogens is 1. The summed E-state index contributed by atoms with van der Waals surface area (Å²) in [6, 6.07) is 3.22. The Balaban J connectivity index is 1.67. The van der Waals surface area contributed by atoms with Crippen molar-refractivity contribution in [3.05, 3.63) is 51.2 Å². The highest BCUT2D eigenvalue weighted by atomic mass is 32.1. The van der Waals surface area contributed by atoms with E-state index in [1.807, 2.05) is 12.3 Å². The minimum atomic E-state index is -2.86. The summed E-state index contributed by atoms with van der Waals surface area (Å²) in [6.07, 6.45) is -1.46. The normalized spacial score (nSPS) is 29.1. The van der Waals surface area contributed by atoms with Crippen LogP contribution in [0.4, 0.5) is 10.8 Å². The number of Topliss-reactive ketones (excluding diaryl/α,β-unsaturated/α-hetero) is 2. The number of primary amides is 1. The van der Waals surface area contributed by atoms with Crippen LogP contribution in [0.15, 0.2) is 34.4 Å². The van der Waals surface area contributed by atoms with Crippen LogP contribution in [0.5, 0.6) is 5.75 Å². The fourth-order valence-electron chi connectivity index (χ4n) is 5.74. The number of aromatic hydroxyl groups is 1. The molecule has 1 aromatic carbocycles. The third kappa shape index (κ3) is 3.32. The Morgan fingerprint density at radius 2 is 1.97 bits per heavy atom. The van der Waals surface area contributed by atoms with Gasteiger partial charge in [-0.1, -0.05) is 19.9 Å². The lowest BCUT2D eigenvalue weighted by Gasteiger charge is -2.50. The van der Waals surface area contributed by atoms with Crippen molar-refractivity contribution in [3.8, 4) is 5.75 Å². The van der Waals surface area contributed by atoms with Crippen molar-refractivity contribution in [2.45, 2.75) is 44.3 Å². The number of nitrogens with two attached hydrogens (primary N) is 1. The zero-order valence-corrected chi connectivity index (χ0v) is 20.7. The molecule has 1 fully saturated rings. The number of rotatable bonds is 4. The number of thiazole rings is 1. The van der Waals surface area contributed by atoms with E-state index in [4.69, 9.17) is 5.73 Å². The highest BCUT2D eigenvalue weighted by Crippen LogP contribution is 2.56. The Hall–Kier alpha value is -3.74. The van der Waals surface area contributed by atoms with Crippen LogP contribution in [0.25, 0.3) is 5.76 Å². The zero-order valence-electron chi connectivity index (χ0n) is 19.8. The average molecular weight is 528 g/mol. The van der Waals surface area contributed by atoms with Crippen LogP contribution in [0, 0.1) is 11.8 Å². The number of fused-ring (bicyclic) bond motifs is 3. The number of amides is 1. The Kier molecular flexibility index (Phi) is 5.66. The van der Waals surface area contributed by atoms with Crippen molar-refractivity contribution in [3.63, 3.8) is 0 Å². The van der Waals surface area contributed by atoms with Crippen LogP contribution in [0.1, 0.15) is 43.0 Å². The third-order valence-corrected chi connectivity index (χ3v) is 8.46. The lowest BCUT2D eigenvalue weighted by atomic mass is 9.55. The molecule has 0 radical (unpaired) electrons. The summed E-state index contributed by atoms with van der Waals surface area (Å²) >= 11 is 1.32. The van der Waals surface area contributed by atoms with E-state index in [0.717, 1.165) is 12.1 Å². The summed E-state index contributed by atoms with van der Waals surface area (Å²) < 4.78 is 0. The van der Waals surface area contributed by atoms with E-state index in [9.17, 15) is 39.9 Å². The van der Waals surface area contributed by atoms with Crippen LogP contribution in [-0.4, -0.2) is 59.7 Å². The number of phenolic OH excluding ortho intramolecular Hbond substituents is 1. The van der Waals surface area contributed by atoms with E-state index >= 15 is 0 Å². The Morgan fingerprint density at radius 1 is 1.27 bits per heavy atom. The molecule has 1 amide bonds. The van der Waals surface area contributed by atoms with Crippen molar-refractivity contribution in [2.24, 2.45) is 17.6 Å². The number of carbonyl (C=O) groups is 3. The molecule has 3 aliphatic carbocycles. The molecular weight excluding hydrogens is 502 g/mol. The summed E-state index contributed by atoms with van der Waals surface area (Å²) in [6.45, 7) is 3.62. The topological polar surface area (TPSA) is 203 Å². The monoisotopic (exact) mass is 527 g/mol. The van der Waals surface area contributed by atoms with E-state index in [1.54, 1.807) is 19.1 Å². The number of nitrogens with one attached hydrogen (secondary N) is 1. The highest BCUT2D eigenvalue weighted by Gasteiger charge is 2.64. The molecule has 0 spiro atoms. The van der Waals surface area contributed by atoms with Gasteiger partial charge in [0, 0.05) is 29.2 Å². The van der Waals surface area contributed by atoms with Gasteiger partial charge in [-0.05, 0) is 24.0 Å². The number of nitrogens with zero attached hydrogens (tertiary/aromatic N) is 1. The van der Waals surface area contributed by atoms with Crippen LogP contribution in [0.3, 0.4) is 0 Å². The molecule has 1 heterocycles. The van der Waals surface area contributed by atoms with E-state index in [-0.39, 0.29) is 17.0 Å². The van der Waals surface area contributed by atoms with Gasteiger partial charge in [-0.25, -0.2) is 4.98 Å². The second kappa shape index (κ2) is 8.40. The summed E-state index contributed by atoms with van der Waals surface area (Å²) in [7, 11) is 0. The predicted molar refractivity (Wildman–Crippen MR) is 132 cm³/mol. The van der Waals surface area contributed by atoms with Gasteiger partial charge in [0.15, 0.2) is 16.5 Å².